The number of aliphatic carboxylic acids is 1. The average Bonchev–Trinajstić information content (AvgIpc) is 3.24. The minimum atomic E-state index is -4.81. The first kappa shape index (κ1) is 28.5. The van der Waals surface area contributed by atoms with Crippen LogP contribution in [-0.4, -0.2) is 53.9 Å². The van der Waals surface area contributed by atoms with Gasteiger partial charge in [-0.05, 0) is 60.4 Å². The second-order valence-corrected chi connectivity index (χ2v) is 9.25. The van der Waals surface area contributed by atoms with E-state index in [1.54, 1.807) is 29.2 Å². The van der Waals surface area contributed by atoms with Gasteiger partial charge in [-0.3, -0.25) is 14.5 Å². The Labute approximate surface area is 229 Å². The zero-order valence-electron chi connectivity index (χ0n) is 21.4. The molecule has 210 valence electrons. The molecule has 1 atom stereocenters. The molecule has 0 spiro atoms. The van der Waals surface area contributed by atoms with Gasteiger partial charge in [-0.15, -0.1) is 13.2 Å². The van der Waals surface area contributed by atoms with E-state index in [0.29, 0.717) is 24.2 Å². The van der Waals surface area contributed by atoms with Crippen molar-refractivity contribution in [3.8, 4) is 5.75 Å². The summed E-state index contributed by atoms with van der Waals surface area (Å²) in [5, 5.41) is 11.3. The lowest BCUT2D eigenvalue weighted by atomic mass is 10.0. The first-order chi connectivity index (χ1) is 19.1. The van der Waals surface area contributed by atoms with Crippen LogP contribution in [0.2, 0.25) is 0 Å². The third kappa shape index (κ3) is 7.52. The molecular weight excluding hydrogens is 527 g/mol. The maximum atomic E-state index is 13.5. The van der Waals surface area contributed by atoms with Crippen LogP contribution >= 0.6 is 0 Å². The van der Waals surface area contributed by atoms with Gasteiger partial charge in [-0.25, -0.2) is 4.79 Å². The van der Waals surface area contributed by atoms with E-state index in [1.165, 1.54) is 29.2 Å². The molecule has 1 saturated heterocycles. The van der Waals surface area contributed by atoms with E-state index in [1.807, 2.05) is 30.3 Å². The monoisotopic (exact) mass is 555 g/mol. The van der Waals surface area contributed by atoms with Gasteiger partial charge in [-0.2, -0.15) is 0 Å². The van der Waals surface area contributed by atoms with Crippen LogP contribution in [0.25, 0.3) is 0 Å². The highest BCUT2D eigenvalue weighted by molar-refractivity contribution is 5.95. The summed E-state index contributed by atoms with van der Waals surface area (Å²) >= 11 is 0. The van der Waals surface area contributed by atoms with E-state index in [-0.39, 0.29) is 37.3 Å². The Morgan fingerprint density at radius 1 is 0.975 bits per heavy atom. The average molecular weight is 556 g/mol. The van der Waals surface area contributed by atoms with Gasteiger partial charge in [0.05, 0.1) is 19.0 Å². The molecule has 1 aliphatic rings. The number of carboxylic acid groups (broad SMARTS) is 1. The largest absolute Gasteiger partial charge is 0.573 e. The van der Waals surface area contributed by atoms with E-state index in [9.17, 15) is 27.6 Å². The van der Waals surface area contributed by atoms with E-state index in [0.717, 1.165) is 17.5 Å². The smallest absolute Gasteiger partial charge is 0.481 e. The van der Waals surface area contributed by atoms with Crippen LogP contribution < -0.4 is 15.0 Å². The lowest BCUT2D eigenvalue weighted by Crippen LogP contribution is -2.33. The molecule has 3 aromatic carbocycles. The number of rotatable bonds is 11. The maximum Gasteiger partial charge on any atom is 0.573 e. The van der Waals surface area contributed by atoms with Crippen molar-refractivity contribution in [1.82, 2.24) is 10.2 Å². The fourth-order valence-electron chi connectivity index (χ4n) is 4.56. The summed E-state index contributed by atoms with van der Waals surface area (Å²) in [4.78, 5) is 39.8. The molecule has 40 heavy (non-hydrogen) atoms. The maximum absolute atomic E-state index is 13.5. The SMILES string of the molecule is O=C(O)CCNC(=O)c1ccc(C2CN(c3ccc(OC(F)(F)F)cc3)C(=O)N2CCCc2ccccc2)cc1. The molecule has 0 bridgehead atoms. The van der Waals surface area contributed by atoms with Crippen LogP contribution in [0.1, 0.15) is 40.4 Å². The van der Waals surface area contributed by atoms with Gasteiger partial charge < -0.3 is 20.1 Å². The highest BCUT2D eigenvalue weighted by atomic mass is 19.4. The topological polar surface area (TPSA) is 99.2 Å². The fourth-order valence-corrected chi connectivity index (χ4v) is 4.56. The van der Waals surface area contributed by atoms with Crippen molar-refractivity contribution in [2.75, 3.05) is 24.5 Å². The number of benzene rings is 3. The molecule has 1 unspecified atom stereocenters. The molecule has 0 aliphatic carbocycles. The molecule has 11 heteroatoms. The molecule has 0 radical (unpaired) electrons. The van der Waals surface area contributed by atoms with Crippen molar-refractivity contribution in [1.29, 1.82) is 0 Å². The Kier molecular flexibility index (Phi) is 8.93. The van der Waals surface area contributed by atoms with E-state index in [2.05, 4.69) is 10.1 Å². The zero-order chi connectivity index (χ0) is 28.7. The number of hydrogen-bond acceptors (Lipinski definition) is 4. The molecule has 0 saturated carbocycles. The number of aryl methyl sites for hydroxylation is 1. The summed E-state index contributed by atoms with van der Waals surface area (Å²) in [5.74, 6) is -1.80. The number of alkyl halides is 3. The van der Waals surface area contributed by atoms with Crippen LogP contribution in [0.5, 0.6) is 5.75 Å². The third-order valence-electron chi connectivity index (χ3n) is 6.48. The lowest BCUT2D eigenvalue weighted by molar-refractivity contribution is -0.274. The van der Waals surface area contributed by atoms with Crippen molar-refractivity contribution < 1.29 is 37.4 Å². The van der Waals surface area contributed by atoms with Crippen molar-refractivity contribution in [3.63, 3.8) is 0 Å². The van der Waals surface area contributed by atoms with Crippen LogP contribution in [-0.2, 0) is 11.2 Å². The molecule has 1 fully saturated rings. The number of carboxylic acids is 1. The van der Waals surface area contributed by atoms with Crippen molar-refractivity contribution in [2.24, 2.45) is 0 Å². The Hall–Kier alpha value is -4.54. The van der Waals surface area contributed by atoms with E-state index >= 15 is 0 Å². The Balaban J connectivity index is 1.51. The molecule has 3 aromatic rings. The third-order valence-corrected chi connectivity index (χ3v) is 6.48. The summed E-state index contributed by atoms with van der Waals surface area (Å²) in [6, 6.07) is 21.1. The van der Waals surface area contributed by atoms with Crippen LogP contribution in [0.3, 0.4) is 0 Å². The number of hydrogen-bond donors (Lipinski definition) is 2. The van der Waals surface area contributed by atoms with Crippen molar-refractivity contribution in [2.45, 2.75) is 31.7 Å². The molecule has 3 amide bonds. The summed E-state index contributed by atoms with van der Waals surface area (Å²) < 4.78 is 41.6. The second kappa shape index (κ2) is 12.5. The number of halogens is 3. The highest BCUT2D eigenvalue weighted by Gasteiger charge is 2.39. The van der Waals surface area contributed by atoms with Gasteiger partial charge in [0.1, 0.15) is 5.75 Å². The number of carbonyl (C=O) groups is 3. The molecule has 1 aliphatic heterocycles. The first-order valence-electron chi connectivity index (χ1n) is 12.7. The van der Waals surface area contributed by atoms with Crippen LogP contribution in [0, 0.1) is 0 Å². The predicted octanol–water partition coefficient (Wildman–Crippen LogP) is 5.41. The van der Waals surface area contributed by atoms with Gasteiger partial charge in [0.25, 0.3) is 5.91 Å². The predicted molar refractivity (Wildman–Crippen MR) is 141 cm³/mol. The molecular formula is C29H28F3N3O5. The minimum Gasteiger partial charge on any atom is -0.481 e. The molecule has 2 N–H and O–H groups in total. The number of urea groups is 1. The van der Waals surface area contributed by atoms with Crippen LogP contribution in [0.4, 0.5) is 23.7 Å². The Morgan fingerprint density at radius 3 is 2.27 bits per heavy atom. The minimum absolute atomic E-state index is 0.00397. The fraction of sp³-hybridized carbons (Fsp3) is 0.276. The standard InChI is InChI=1S/C29H28F3N3O5/c30-29(31,32)40-24-14-12-23(13-15-24)35-19-25(34(28(35)39)18-4-7-20-5-2-1-3-6-20)21-8-10-22(11-9-21)27(38)33-17-16-26(36)37/h1-3,5-6,8-15,25H,4,7,16-19H2,(H,33,38)(H,36,37). The van der Waals surface area contributed by atoms with Gasteiger partial charge >= 0.3 is 18.4 Å². The summed E-state index contributed by atoms with van der Waals surface area (Å²) in [7, 11) is 0. The van der Waals surface area contributed by atoms with Gasteiger partial charge in [-0.1, -0.05) is 42.5 Å². The first-order valence-corrected chi connectivity index (χ1v) is 12.7. The van der Waals surface area contributed by atoms with Gasteiger partial charge in [0.2, 0.25) is 0 Å². The molecule has 1 heterocycles. The molecule has 0 aromatic heterocycles. The Morgan fingerprint density at radius 2 is 1.65 bits per heavy atom. The van der Waals surface area contributed by atoms with Gasteiger partial charge in [0.15, 0.2) is 0 Å². The van der Waals surface area contributed by atoms with E-state index < -0.39 is 18.2 Å². The normalized spacial score (nSPS) is 15.3. The number of anilines is 1. The second-order valence-electron chi connectivity index (χ2n) is 9.25. The number of nitrogens with one attached hydrogen (secondary N) is 1. The number of carbonyl (C=O) groups excluding carboxylic acids is 2. The summed E-state index contributed by atoms with van der Waals surface area (Å²) in [6.45, 7) is 0.708. The Bertz CT molecular complexity index is 1320. The summed E-state index contributed by atoms with van der Waals surface area (Å²) in [5.41, 5.74) is 2.71. The van der Waals surface area contributed by atoms with Crippen molar-refractivity contribution in [3.05, 3.63) is 95.6 Å². The molecule has 8 nitrogen and oxygen atoms in total. The van der Waals surface area contributed by atoms with Gasteiger partial charge in [0, 0.05) is 24.3 Å². The number of amides is 3. The zero-order valence-corrected chi connectivity index (χ0v) is 21.4. The highest BCUT2D eigenvalue weighted by Crippen LogP contribution is 2.34. The lowest BCUT2D eigenvalue weighted by Gasteiger charge is -2.24. The number of nitrogens with zero attached hydrogens (tertiary/aromatic N) is 2. The number of ether oxygens (including phenoxy) is 1. The quantitative estimate of drug-likeness (QED) is 0.330. The van der Waals surface area contributed by atoms with Crippen LogP contribution in [0.15, 0.2) is 78.9 Å². The summed E-state index contributed by atoms with van der Waals surface area (Å²) in [6.07, 6.45) is -3.55. The van der Waals surface area contributed by atoms with E-state index in [4.69, 9.17) is 5.11 Å². The van der Waals surface area contributed by atoms with Crippen molar-refractivity contribution >= 4 is 23.6 Å². The molecule has 4 rings (SSSR count).